The molecule has 0 heterocycles. The molecule has 1 unspecified atom stereocenters. The van der Waals surface area contributed by atoms with Crippen molar-refractivity contribution in [1.29, 1.82) is 0 Å². The van der Waals surface area contributed by atoms with Crippen LogP contribution in [-0.4, -0.2) is 28.8 Å². The van der Waals surface area contributed by atoms with Gasteiger partial charge in [-0.1, -0.05) is 46.8 Å². The molecule has 5 aliphatic carbocycles. The van der Waals surface area contributed by atoms with E-state index >= 15 is 0 Å². The van der Waals surface area contributed by atoms with E-state index in [4.69, 9.17) is 4.74 Å². The zero-order valence-electron chi connectivity index (χ0n) is 25.1. The second-order valence-electron chi connectivity index (χ2n) is 15.8. The highest BCUT2D eigenvalue weighted by molar-refractivity contribution is 5.75. The summed E-state index contributed by atoms with van der Waals surface area (Å²) in [5, 5.41) is 24.1. The van der Waals surface area contributed by atoms with Gasteiger partial charge in [-0.15, -0.1) is 0 Å². The van der Waals surface area contributed by atoms with Crippen molar-refractivity contribution in [2.75, 3.05) is 0 Å². The minimum atomic E-state index is -1.00. The average Bonchev–Trinajstić information content (AvgIpc) is 3.17. The van der Waals surface area contributed by atoms with Crippen molar-refractivity contribution >= 4 is 11.9 Å². The van der Waals surface area contributed by atoms with Gasteiger partial charge >= 0.3 is 5.97 Å². The number of aliphatic carboxylic acids is 1. The molecule has 214 valence electrons. The maximum atomic E-state index is 13.1. The number of hydrogen-bond donors (Lipinski definition) is 1. The van der Waals surface area contributed by atoms with Gasteiger partial charge < -0.3 is 19.7 Å². The van der Waals surface area contributed by atoms with Crippen molar-refractivity contribution in [3.8, 4) is 0 Å². The highest BCUT2D eigenvalue weighted by Gasteiger charge is 2.77. The van der Waals surface area contributed by atoms with Crippen LogP contribution in [0.15, 0.2) is 12.2 Å². The van der Waals surface area contributed by atoms with Crippen LogP contribution in [0.25, 0.3) is 0 Å². The summed E-state index contributed by atoms with van der Waals surface area (Å²) in [5.41, 5.74) is -1.44. The van der Waals surface area contributed by atoms with E-state index in [0.29, 0.717) is 24.7 Å². The fraction of sp³-hybridized carbons (Fsp3) is 0.879. The lowest BCUT2D eigenvalue weighted by molar-refractivity contribution is -0.346. The number of fused-ring (bicyclic) bond motifs is 7. The van der Waals surface area contributed by atoms with Crippen LogP contribution in [-0.2, 0) is 14.3 Å². The summed E-state index contributed by atoms with van der Waals surface area (Å²) in [4.78, 5) is 25.8. The van der Waals surface area contributed by atoms with Gasteiger partial charge in [0.15, 0.2) is 0 Å². The molecular weight excluding hydrogens is 476 g/mol. The number of aliphatic hydroxyl groups excluding tert-OH is 1. The number of ether oxygens (including phenoxy) is 1. The van der Waals surface area contributed by atoms with Crippen LogP contribution in [0, 0.1) is 56.7 Å². The van der Waals surface area contributed by atoms with E-state index in [1.165, 1.54) is 6.92 Å². The van der Waals surface area contributed by atoms with Crippen LogP contribution in [0.4, 0.5) is 0 Å². The molecule has 0 aliphatic heterocycles. The van der Waals surface area contributed by atoms with Crippen LogP contribution in [0.1, 0.15) is 113 Å². The molecule has 0 spiro atoms. The van der Waals surface area contributed by atoms with Crippen molar-refractivity contribution < 1.29 is 24.5 Å². The molecule has 5 fully saturated rings. The van der Waals surface area contributed by atoms with Gasteiger partial charge in [-0.05, 0) is 117 Å². The molecule has 0 bridgehead atoms. The lowest BCUT2D eigenvalue weighted by Gasteiger charge is -2.76. The maximum absolute atomic E-state index is 13.1. The molecule has 5 aliphatic rings. The van der Waals surface area contributed by atoms with Gasteiger partial charge in [0.05, 0.1) is 6.10 Å². The van der Waals surface area contributed by atoms with E-state index in [1.807, 2.05) is 6.92 Å². The molecule has 1 N–H and O–H groups in total. The summed E-state index contributed by atoms with van der Waals surface area (Å²) in [5.74, 6) is -0.263. The molecule has 38 heavy (non-hydrogen) atoms. The lowest BCUT2D eigenvalue weighted by Crippen LogP contribution is -2.75. The first-order chi connectivity index (χ1) is 17.4. The van der Waals surface area contributed by atoms with Crippen molar-refractivity contribution in [2.24, 2.45) is 56.7 Å². The molecule has 0 saturated heterocycles. The third-order valence-corrected chi connectivity index (χ3v) is 14.3. The SMILES string of the molecule is C=C(C)[C@@H]1CC[C@]2(C(=O)[O-])CC(C)(OC(C)=O)[C@]3(C)[C@H](CC[C@@H]4[C@@]5(C)CC[C@H](O)C(C)(C)[C@@H]5CC[C@]43C)[C@@H]12. The van der Waals surface area contributed by atoms with Gasteiger partial charge in [-0.3, -0.25) is 4.79 Å². The van der Waals surface area contributed by atoms with Crippen molar-refractivity contribution in [1.82, 2.24) is 0 Å². The van der Waals surface area contributed by atoms with Crippen molar-refractivity contribution in [2.45, 2.75) is 125 Å². The quantitative estimate of drug-likeness (QED) is 0.377. The third-order valence-electron chi connectivity index (χ3n) is 14.3. The Morgan fingerprint density at radius 3 is 2.13 bits per heavy atom. The molecule has 0 aromatic rings. The predicted molar refractivity (Wildman–Crippen MR) is 146 cm³/mol. The normalized spacial score (nSPS) is 53.1. The van der Waals surface area contributed by atoms with Gasteiger partial charge in [-0.2, -0.15) is 0 Å². The van der Waals surface area contributed by atoms with Crippen LogP contribution < -0.4 is 5.11 Å². The summed E-state index contributed by atoms with van der Waals surface area (Å²) >= 11 is 0. The Balaban J connectivity index is 1.70. The molecule has 5 rings (SSSR count). The fourth-order valence-electron chi connectivity index (χ4n) is 12.5. The monoisotopic (exact) mass is 527 g/mol. The van der Waals surface area contributed by atoms with Crippen LogP contribution >= 0.6 is 0 Å². The van der Waals surface area contributed by atoms with Gasteiger partial charge in [0.1, 0.15) is 5.60 Å². The molecule has 0 amide bonds. The second kappa shape index (κ2) is 8.33. The second-order valence-corrected chi connectivity index (χ2v) is 15.8. The first kappa shape index (κ1) is 28.2. The zero-order chi connectivity index (χ0) is 28.3. The molecule has 0 aromatic carbocycles. The van der Waals surface area contributed by atoms with Crippen LogP contribution in [0.3, 0.4) is 0 Å². The predicted octanol–water partition coefficient (Wildman–Crippen LogP) is 5.69. The number of rotatable bonds is 3. The van der Waals surface area contributed by atoms with Crippen LogP contribution in [0.2, 0.25) is 0 Å². The molecule has 5 saturated carbocycles. The van der Waals surface area contributed by atoms with E-state index in [2.05, 4.69) is 48.1 Å². The molecule has 5 nitrogen and oxygen atoms in total. The molecule has 0 aromatic heterocycles. The number of carboxylic acids is 1. The van der Waals surface area contributed by atoms with E-state index in [0.717, 1.165) is 50.5 Å². The Morgan fingerprint density at radius 2 is 1.55 bits per heavy atom. The number of carboxylic acid groups (broad SMARTS) is 1. The Morgan fingerprint density at radius 1 is 0.895 bits per heavy atom. The smallest absolute Gasteiger partial charge is 0.303 e. The third kappa shape index (κ3) is 3.20. The number of carbonyl (C=O) groups is 2. The van der Waals surface area contributed by atoms with E-state index in [-0.39, 0.29) is 46.1 Å². The van der Waals surface area contributed by atoms with Gasteiger partial charge in [-0.25, -0.2) is 0 Å². The molecule has 11 atom stereocenters. The fourth-order valence-corrected chi connectivity index (χ4v) is 12.5. The average molecular weight is 528 g/mol. The Bertz CT molecular complexity index is 1050. The number of carbonyl (C=O) groups excluding carboxylic acids is 2. The zero-order valence-corrected chi connectivity index (χ0v) is 25.1. The van der Waals surface area contributed by atoms with E-state index in [1.54, 1.807) is 0 Å². The molecular formula is C33H51O5-. The highest BCUT2D eigenvalue weighted by Crippen LogP contribution is 2.79. The van der Waals surface area contributed by atoms with Gasteiger partial charge in [0.2, 0.25) is 0 Å². The number of esters is 1. The maximum Gasteiger partial charge on any atom is 0.303 e. The largest absolute Gasteiger partial charge is 0.550 e. The minimum absolute atomic E-state index is 0.0495. The van der Waals surface area contributed by atoms with Crippen molar-refractivity contribution in [3.63, 3.8) is 0 Å². The summed E-state index contributed by atoms with van der Waals surface area (Å²) in [6.45, 7) is 21.7. The van der Waals surface area contributed by atoms with Gasteiger partial charge in [0, 0.05) is 23.7 Å². The minimum Gasteiger partial charge on any atom is -0.550 e. The summed E-state index contributed by atoms with van der Waals surface area (Å²) < 4.78 is 6.38. The number of aliphatic hydroxyl groups is 1. The molecule has 0 radical (unpaired) electrons. The topological polar surface area (TPSA) is 86.7 Å². The first-order valence-corrected chi connectivity index (χ1v) is 15.2. The summed E-state index contributed by atoms with van der Waals surface area (Å²) in [6.07, 6.45) is 7.25. The van der Waals surface area contributed by atoms with Crippen LogP contribution in [0.5, 0.6) is 0 Å². The lowest BCUT2D eigenvalue weighted by atomic mass is 9.30. The Labute approximate surface area is 230 Å². The Hall–Kier alpha value is -1.36. The summed E-state index contributed by atoms with van der Waals surface area (Å²) in [6, 6.07) is 0. The van der Waals surface area contributed by atoms with E-state index < -0.39 is 22.4 Å². The summed E-state index contributed by atoms with van der Waals surface area (Å²) in [7, 11) is 0. The number of allylic oxidation sites excluding steroid dienone is 1. The van der Waals surface area contributed by atoms with E-state index in [9.17, 15) is 19.8 Å². The number of hydrogen-bond acceptors (Lipinski definition) is 5. The highest BCUT2D eigenvalue weighted by atomic mass is 16.6. The first-order valence-electron chi connectivity index (χ1n) is 15.2. The Kier molecular flexibility index (Phi) is 6.18. The molecule has 5 heteroatoms. The van der Waals surface area contributed by atoms with Gasteiger partial charge in [0.25, 0.3) is 0 Å². The van der Waals surface area contributed by atoms with Crippen molar-refractivity contribution in [3.05, 3.63) is 12.2 Å². The standard InChI is InChI=1S/C33H52O5/c1-19(2)21-12-17-33(27(36)37)18-31(8,38-20(3)34)32(9)22(26(21)33)10-11-24-29(6)15-14-25(35)28(4,5)23(29)13-16-30(24,32)7/h21-26,35H,1,10-18H2,2-9H3,(H,36,37)/p-1/t21-,22+,23-,24+,25-,26+,29-,30+,31?,32+,33-/m0/s1.